The number of hydrogen-bond donors (Lipinski definition) is 0. The van der Waals surface area contributed by atoms with Crippen molar-refractivity contribution in [2.75, 3.05) is 6.54 Å². The van der Waals surface area contributed by atoms with Crippen molar-refractivity contribution in [1.29, 1.82) is 0 Å². The third-order valence-electron chi connectivity index (χ3n) is 3.77. The summed E-state index contributed by atoms with van der Waals surface area (Å²) in [5.74, 6) is 0.750. The number of nitrogens with zero attached hydrogens (tertiary/aromatic N) is 2. The molecule has 1 fully saturated rings. The molecule has 2 rings (SSSR count). The maximum absolute atomic E-state index is 12.7. The van der Waals surface area contributed by atoms with E-state index >= 15 is 0 Å². The summed E-state index contributed by atoms with van der Waals surface area (Å²) in [5.41, 5.74) is 0.850. The molecule has 0 aliphatic carbocycles. The van der Waals surface area contributed by atoms with Gasteiger partial charge in [-0.3, -0.25) is 0 Å². The van der Waals surface area contributed by atoms with Crippen LogP contribution in [0.15, 0.2) is 17.2 Å². The largest absolute Gasteiger partial charge is 0.349 e. The molecule has 2 atom stereocenters. The molecule has 0 amide bonds. The van der Waals surface area contributed by atoms with E-state index in [9.17, 15) is 8.42 Å². The van der Waals surface area contributed by atoms with Gasteiger partial charge in [0.05, 0.1) is 5.88 Å². The van der Waals surface area contributed by atoms with Crippen molar-refractivity contribution in [3.8, 4) is 0 Å². The predicted molar refractivity (Wildman–Crippen MR) is 76.8 cm³/mol. The Kier molecular flexibility index (Phi) is 4.28. The molecular formula is C13H21ClN2O2S. The molecule has 19 heavy (non-hydrogen) atoms. The number of aromatic nitrogens is 1. The molecule has 0 N–H and O–H groups in total. The molecule has 4 nitrogen and oxygen atoms in total. The summed E-state index contributed by atoms with van der Waals surface area (Å²) in [6, 6.07) is 1.77. The molecule has 0 spiro atoms. The summed E-state index contributed by atoms with van der Waals surface area (Å²) in [7, 11) is -3.39. The van der Waals surface area contributed by atoms with Crippen molar-refractivity contribution in [2.45, 2.75) is 50.6 Å². The fourth-order valence-electron chi connectivity index (χ4n) is 2.80. The van der Waals surface area contributed by atoms with E-state index in [1.807, 2.05) is 18.4 Å². The number of sulfonamides is 1. The van der Waals surface area contributed by atoms with Gasteiger partial charge in [-0.1, -0.05) is 6.92 Å². The SMILES string of the molecule is CCn1cc(S(=O)(=O)N2CC(C)CC2C)cc1CCl. The maximum Gasteiger partial charge on any atom is 0.244 e. The number of rotatable bonds is 4. The molecule has 0 saturated carbocycles. The lowest BCUT2D eigenvalue weighted by Gasteiger charge is -2.20. The zero-order valence-electron chi connectivity index (χ0n) is 11.6. The van der Waals surface area contributed by atoms with E-state index in [2.05, 4.69) is 6.92 Å². The molecule has 1 aromatic heterocycles. The van der Waals surface area contributed by atoms with Crippen LogP contribution in [0.4, 0.5) is 0 Å². The van der Waals surface area contributed by atoms with Gasteiger partial charge in [0.1, 0.15) is 4.90 Å². The molecule has 2 unspecified atom stereocenters. The zero-order valence-corrected chi connectivity index (χ0v) is 13.2. The van der Waals surface area contributed by atoms with Crippen molar-refractivity contribution in [3.05, 3.63) is 18.0 Å². The van der Waals surface area contributed by atoms with Gasteiger partial charge in [0.25, 0.3) is 0 Å². The van der Waals surface area contributed by atoms with Gasteiger partial charge in [0.15, 0.2) is 0 Å². The van der Waals surface area contributed by atoms with Gasteiger partial charge in [0, 0.05) is 31.0 Å². The second kappa shape index (κ2) is 5.46. The summed E-state index contributed by atoms with van der Waals surface area (Å²) in [5, 5.41) is 0. The molecule has 1 aliphatic rings. The highest BCUT2D eigenvalue weighted by Gasteiger charge is 2.36. The number of halogens is 1. The Labute approximate surface area is 120 Å². The fraction of sp³-hybridized carbons (Fsp3) is 0.692. The van der Waals surface area contributed by atoms with E-state index in [0.29, 0.717) is 23.2 Å². The monoisotopic (exact) mass is 304 g/mol. The van der Waals surface area contributed by atoms with E-state index in [-0.39, 0.29) is 6.04 Å². The molecule has 1 aromatic rings. The summed E-state index contributed by atoms with van der Waals surface area (Å²) in [4.78, 5) is 0.367. The van der Waals surface area contributed by atoms with E-state index in [1.165, 1.54) is 0 Å². The molecule has 1 aliphatic heterocycles. The van der Waals surface area contributed by atoms with Gasteiger partial charge in [-0.05, 0) is 32.3 Å². The van der Waals surface area contributed by atoms with Crippen molar-refractivity contribution in [3.63, 3.8) is 0 Å². The summed E-state index contributed by atoms with van der Waals surface area (Å²) >= 11 is 5.86. The van der Waals surface area contributed by atoms with Gasteiger partial charge in [-0.2, -0.15) is 4.31 Å². The van der Waals surface area contributed by atoms with Gasteiger partial charge in [-0.15, -0.1) is 11.6 Å². The van der Waals surface area contributed by atoms with Crippen LogP contribution in [0, 0.1) is 5.92 Å². The smallest absolute Gasteiger partial charge is 0.244 e. The average Bonchev–Trinajstić information content (AvgIpc) is 2.92. The molecule has 6 heteroatoms. The minimum atomic E-state index is -3.39. The first-order chi connectivity index (χ1) is 8.90. The lowest BCUT2D eigenvalue weighted by atomic mass is 10.1. The Balaban J connectivity index is 2.37. The molecule has 0 bridgehead atoms. The minimum Gasteiger partial charge on any atom is -0.349 e. The lowest BCUT2D eigenvalue weighted by Crippen LogP contribution is -2.33. The first-order valence-corrected chi connectivity index (χ1v) is 8.64. The molecule has 108 valence electrons. The molecule has 0 aromatic carbocycles. The Morgan fingerprint density at radius 1 is 1.42 bits per heavy atom. The van der Waals surface area contributed by atoms with Crippen LogP contribution in [0.5, 0.6) is 0 Å². The highest BCUT2D eigenvalue weighted by atomic mass is 35.5. The molecule has 1 saturated heterocycles. The molecular weight excluding hydrogens is 284 g/mol. The van der Waals surface area contributed by atoms with Crippen LogP contribution in [0.3, 0.4) is 0 Å². The average molecular weight is 305 g/mol. The Morgan fingerprint density at radius 3 is 2.53 bits per heavy atom. The Bertz CT molecular complexity index is 531. The number of aryl methyl sites for hydroxylation is 1. The van der Waals surface area contributed by atoms with E-state index in [0.717, 1.165) is 18.7 Å². The first-order valence-electron chi connectivity index (χ1n) is 6.67. The van der Waals surface area contributed by atoms with Crippen molar-refractivity contribution >= 4 is 21.6 Å². The molecule has 0 radical (unpaired) electrons. The Morgan fingerprint density at radius 2 is 2.11 bits per heavy atom. The summed E-state index contributed by atoms with van der Waals surface area (Å²) in [6.45, 7) is 7.38. The van der Waals surface area contributed by atoms with Crippen LogP contribution in [0.25, 0.3) is 0 Å². The lowest BCUT2D eigenvalue weighted by molar-refractivity contribution is 0.405. The highest BCUT2D eigenvalue weighted by molar-refractivity contribution is 7.89. The maximum atomic E-state index is 12.7. The summed E-state index contributed by atoms with van der Waals surface area (Å²) < 4.78 is 28.8. The van der Waals surface area contributed by atoms with Crippen LogP contribution >= 0.6 is 11.6 Å². The molecule has 2 heterocycles. The van der Waals surface area contributed by atoms with E-state index in [4.69, 9.17) is 11.6 Å². The van der Waals surface area contributed by atoms with Crippen LogP contribution in [-0.4, -0.2) is 29.9 Å². The fourth-order valence-corrected chi connectivity index (χ4v) is 4.86. The van der Waals surface area contributed by atoms with Crippen LogP contribution in [0.1, 0.15) is 32.9 Å². The van der Waals surface area contributed by atoms with Crippen molar-refractivity contribution in [2.24, 2.45) is 5.92 Å². The van der Waals surface area contributed by atoms with Gasteiger partial charge >= 0.3 is 0 Å². The second-order valence-corrected chi connectivity index (χ2v) is 7.51. The van der Waals surface area contributed by atoms with E-state index < -0.39 is 10.0 Å². The third kappa shape index (κ3) is 2.69. The minimum absolute atomic E-state index is 0.0735. The second-order valence-electron chi connectivity index (χ2n) is 5.35. The van der Waals surface area contributed by atoms with Gasteiger partial charge < -0.3 is 4.57 Å². The van der Waals surface area contributed by atoms with Crippen molar-refractivity contribution < 1.29 is 8.42 Å². The quantitative estimate of drug-likeness (QED) is 0.803. The predicted octanol–water partition coefficient (Wildman–Crippen LogP) is 2.67. The van der Waals surface area contributed by atoms with Gasteiger partial charge in [0.2, 0.25) is 10.0 Å². The van der Waals surface area contributed by atoms with Crippen LogP contribution < -0.4 is 0 Å². The topological polar surface area (TPSA) is 42.3 Å². The number of hydrogen-bond acceptors (Lipinski definition) is 2. The van der Waals surface area contributed by atoms with E-state index in [1.54, 1.807) is 16.6 Å². The third-order valence-corrected chi connectivity index (χ3v) is 5.99. The Hall–Kier alpha value is -0.520. The highest BCUT2D eigenvalue weighted by Crippen LogP contribution is 2.30. The summed E-state index contributed by atoms with van der Waals surface area (Å²) in [6.07, 6.45) is 2.62. The number of alkyl halides is 1. The zero-order chi connectivity index (χ0) is 14.2. The van der Waals surface area contributed by atoms with Crippen LogP contribution in [0.2, 0.25) is 0 Å². The normalized spacial score (nSPS) is 25.1. The van der Waals surface area contributed by atoms with Crippen molar-refractivity contribution in [1.82, 2.24) is 8.87 Å². The standard InChI is InChI=1S/C13H21ClN2O2S/c1-4-15-9-13(6-12(15)7-14)19(17,18)16-8-10(2)5-11(16)3/h6,9-11H,4-5,7-8H2,1-3H3. The van der Waals surface area contributed by atoms with Gasteiger partial charge in [-0.25, -0.2) is 8.42 Å². The first kappa shape index (κ1) is 14.9. The van der Waals surface area contributed by atoms with Crippen LogP contribution in [-0.2, 0) is 22.4 Å².